The van der Waals surface area contributed by atoms with Crippen LogP contribution in [0.1, 0.15) is 39.8 Å². The molecule has 1 saturated heterocycles. The zero-order chi connectivity index (χ0) is 39.1. The van der Waals surface area contributed by atoms with Crippen molar-refractivity contribution in [2.45, 2.75) is 64.3 Å². The van der Waals surface area contributed by atoms with E-state index in [9.17, 15) is 57.9 Å². The minimum absolute atomic E-state index is 0. The Morgan fingerprint density at radius 3 is 2.38 bits per heavy atom. The molecule has 0 aromatic carbocycles. The number of nitrogen functional groups attached to an aromatic ring is 1. The second kappa shape index (κ2) is 19.8. The Kier molecular flexibility index (Phi) is 17.7. The summed E-state index contributed by atoms with van der Waals surface area (Å²) >= 11 is 1.07. The fourth-order valence-electron chi connectivity index (χ4n) is 4.40. The van der Waals surface area contributed by atoms with Crippen LogP contribution in [0.2, 0.25) is 0 Å². The van der Waals surface area contributed by atoms with Gasteiger partial charge in [0.05, 0.1) is 19.5 Å². The van der Waals surface area contributed by atoms with Gasteiger partial charge in [-0.2, -0.15) is 4.31 Å². The molecule has 0 bridgehead atoms. The van der Waals surface area contributed by atoms with Crippen LogP contribution in [0.15, 0.2) is 12.7 Å². The fourth-order valence-corrected chi connectivity index (χ4v) is 7.86. The number of aliphatic hydroxyl groups is 2. The molecule has 1 fully saturated rings. The maximum absolute atomic E-state index is 12.6. The van der Waals surface area contributed by atoms with Crippen molar-refractivity contribution in [3.63, 3.8) is 0 Å². The van der Waals surface area contributed by atoms with Crippen molar-refractivity contribution in [2.24, 2.45) is 5.41 Å². The number of aliphatic hydroxyl groups excluding tert-OH is 2. The van der Waals surface area contributed by atoms with Gasteiger partial charge in [0.15, 0.2) is 22.8 Å². The number of hydrogen-bond acceptors (Lipinski definition) is 18. The summed E-state index contributed by atoms with van der Waals surface area (Å²) < 4.78 is 61.9. The van der Waals surface area contributed by atoms with Gasteiger partial charge >= 0.3 is 23.5 Å². The van der Waals surface area contributed by atoms with Crippen molar-refractivity contribution in [1.82, 2.24) is 30.2 Å². The summed E-state index contributed by atoms with van der Waals surface area (Å²) in [6, 6.07) is 0. The summed E-state index contributed by atoms with van der Waals surface area (Å²) in [5, 5.41) is 26.2. The number of thioether (sulfide) groups is 1. The van der Waals surface area contributed by atoms with Crippen molar-refractivity contribution in [3.8, 4) is 0 Å². The van der Waals surface area contributed by atoms with Gasteiger partial charge in [-0.15, -0.1) is 0 Å². The zero-order valence-corrected chi connectivity index (χ0v) is 32.3. The second-order valence-corrected chi connectivity index (χ2v) is 17.0. The molecular formula is C24H40LiN7O17P3S. The normalized spacial score (nSPS) is 22.0. The molecule has 53 heavy (non-hydrogen) atoms. The van der Waals surface area contributed by atoms with Gasteiger partial charge < -0.3 is 50.9 Å². The Morgan fingerprint density at radius 2 is 1.74 bits per heavy atom. The van der Waals surface area contributed by atoms with Crippen LogP contribution in [-0.4, -0.2) is 142 Å². The molecule has 0 saturated carbocycles. The number of ether oxygens (including phenoxy) is 1. The molecule has 3 unspecified atom stereocenters. The first-order chi connectivity index (χ1) is 24.1. The van der Waals surface area contributed by atoms with Gasteiger partial charge in [0.1, 0.15) is 36.3 Å². The number of aromatic nitrogens is 4. The number of nitrogens with zero attached hydrogens (tertiary/aromatic N) is 4. The number of hydrogen-bond donors (Lipinski definition) is 9. The molecule has 2 amide bonds. The third kappa shape index (κ3) is 14.3. The van der Waals surface area contributed by atoms with Gasteiger partial charge in [0.2, 0.25) is 11.8 Å². The molecule has 3 heterocycles. The third-order valence-corrected chi connectivity index (χ3v) is 11.2. The van der Waals surface area contributed by atoms with Crippen LogP contribution in [0.4, 0.5) is 5.82 Å². The van der Waals surface area contributed by atoms with Crippen LogP contribution in [0.5, 0.6) is 0 Å². The van der Waals surface area contributed by atoms with E-state index in [1.54, 1.807) is 6.92 Å². The molecule has 1 aliphatic rings. The average Bonchev–Trinajstić information content (AvgIpc) is 3.60. The third-order valence-electron chi connectivity index (χ3n) is 7.05. The fraction of sp³-hybridized carbons (Fsp3) is 0.667. The topological polar surface area (TPSA) is 364 Å². The Balaban J connectivity index is 0.00000972. The summed E-state index contributed by atoms with van der Waals surface area (Å²) in [5.41, 5.74) is 4.26. The number of imidazole rings is 1. The molecule has 0 aliphatic carbocycles. The van der Waals surface area contributed by atoms with Crippen LogP contribution in [0, 0.1) is 5.41 Å². The number of amides is 2. The summed E-state index contributed by atoms with van der Waals surface area (Å²) in [4.78, 5) is 86.4. The number of phosphoric acid groups is 3. The van der Waals surface area contributed by atoms with Gasteiger partial charge in [-0.25, -0.2) is 28.6 Å². The smallest absolute Gasteiger partial charge is 0.386 e. The van der Waals surface area contributed by atoms with Gasteiger partial charge in [0.25, 0.3) is 0 Å². The Labute approximate surface area is 317 Å². The number of carbonyl (C=O) groups is 3. The number of carbonyl (C=O) groups excluding carboxylic acids is 3. The molecule has 3 rings (SSSR count). The van der Waals surface area contributed by atoms with E-state index in [-0.39, 0.29) is 60.5 Å². The Morgan fingerprint density at radius 1 is 1.08 bits per heavy atom. The predicted molar refractivity (Wildman–Crippen MR) is 183 cm³/mol. The molecule has 295 valence electrons. The van der Waals surface area contributed by atoms with Gasteiger partial charge in [-0.05, 0) is 0 Å². The van der Waals surface area contributed by atoms with Gasteiger partial charge in [-0.1, -0.05) is 32.5 Å². The molecule has 1 aliphatic heterocycles. The van der Waals surface area contributed by atoms with Gasteiger partial charge in [-0.3, -0.25) is 32.5 Å². The maximum atomic E-state index is 12.6. The number of phosphoric ester groups is 3. The summed E-state index contributed by atoms with van der Waals surface area (Å²) in [6.45, 7) is 2.24. The van der Waals surface area contributed by atoms with E-state index in [2.05, 4.69) is 34.4 Å². The van der Waals surface area contributed by atoms with Crippen LogP contribution < -0.4 is 16.4 Å². The molecule has 2 aromatic heterocycles. The maximum Gasteiger partial charge on any atom is 0.481 e. The van der Waals surface area contributed by atoms with Crippen LogP contribution in [-0.2, 0) is 50.7 Å². The summed E-state index contributed by atoms with van der Waals surface area (Å²) in [7, 11) is -16.4. The molecule has 0 spiro atoms. The first kappa shape index (κ1) is 47.3. The molecule has 1 radical (unpaired) electrons. The molecule has 10 N–H and O–H groups in total. The van der Waals surface area contributed by atoms with E-state index in [4.69, 9.17) is 19.5 Å². The molecule has 2 aromatic rings. The van der Waals surface area contributed by atoms with Crippen molar-refractivity contribution >= 4 is 88.0 Å². The van der Waals surface area contributed by atoms with Gasteiger partial charge in [0, 0.05) is 56.0 Å². The van der Waals surface area contributed by atoms with Crippen LogP contribution in [0.25, 0.3) is 11.2 Å². The number of rotatable bonds is 20. The predicted octanol–water partition coefficient (Wildman–Crippen LogP) is -1.31. The molecular weight excluding hydrogens is 790 g/mol. The van der Waals surface area contributed by atoms with E-state index in [1.165, 1.54) is 13.8 Å². The first-order valence-electron chi connectivity index (χ1n) is 15.1. The molecule has 24 nitrogen and oxygen atoms in total. The van der Waals surface area contributed by atoms with Crippen molar-refractivity contribution in [3.05, 3.63) is 12.7 Å². The zero-order valence-electron chi connectivity index (χ0n) is 28.8. The minimum atomic E-state index is -5.56. The molecule has 29 heteroatoms. The SMILES string of the molecule is CCC(=O)SCCNC(=O)CCNC(=O)C(O)C(C)(C)COP(=O)(O)OP(=O)(O)OC[C@H]1O[C@@H](n2cnc3c(N)ncnc32)[C@H](O)[C@@H]1OP(=O)(O)O.[Li]. The minimum Gasteiger partial charge on any atom is -0.386 e. The first-order valence-corrected chi connectivity index (χ1v) is 20.6. The second-order valence-electron chi connectivity index (χ2n) is 11.6. The monoisotopic (exact) mass is 830 g/mol. The average molecular weight is 831 g/mol. The van der Waals surface area contributed by atoms with E-state index in [0.717, 1.165) is 29.0 Å². The number of fused-ring (bicyclic) bond motifs is 1. The standard InChI is InChI=1S/C24H40N7O17P3S.Li/c1-4-15(33)52-8-7-26-14(32)5-6-27-22(36)19(35)24(2,3)10-45-51(42,43)48-50(40,41)44-9-13-18(47-49(37,38)39)17(34)23(46-13)31-12-30-16-20(25)28-11-29-21(16)31;/h11-13,17-19,23,34-35H,4-10H2,1-3H3,(H,26,32)(H,27,36)(H,40,41)(H,42,43)(H2,25,28,29)(H2,37,38,39);/t13-,17-,18-,19?,23-;/m1./s1. The Bertz CT molecular complexity index is 1740. The number of nitrogens with one attached hydrogen (secondary N) is 2. The van der Waals surface area contributed by atoms with Crippen molar-refractivity contribution in [1.29, 1.82) is 0 Å². The molecule has 7 atom stereocenters. The summed E-state index contributed by atoms with van der Waals surface area (Å²) in [6.07, 6.45) is -6.52. The van der Waals surface area contributed by atoms with E-state index >= 15 is 0 Å². The van der Waals surface area contributed by atoms with E-state index in [0.29, 0.717) is 12.2 Å². The van der Waals surface area contributed by atoms with E-state index in [1.807, 2.05) is 0 Å². The van der Waals surface area contributed by atoms with Crippen molar-refractivity contribution in [2.75, 3.05) is 37.8 Å². The summed E-state index contributed by atoms with van der Waals surface area (Å²) in [5.74, 6) is -1.07. The Hall–Kier alpha value is -1.84. The quantitative estimate of drug-likeness (QED) is 0.0425. The number of anilines is 1. The number of nitrogens with two attached hydrogens (primary N) is 1. The van der Waals surface area contributed by atoms with Crippen molar-refractivity contribution < 1.29 is 80.5 Å². The van der Waals surface area contributed by atoms with Crippen LogP contribution in [0.3, 0.4) is 0 Å². The largest absolute Gasteiger partial charge is 0.481 e. The van der Waals surface area contributed by atoms with Crippen LogP contribution >= 0.6 is 35.2 Å². The van der Waals surface area contributed by atoms with E-state index < -0.39 is 84.6 Å².